The number of ether oxygens (including phenoxy) is 1. The molecule has 114 valence electrons. The zero-order valence-corrected chi connectivity index (χ0v) is 13.5. The van der Waals surface area contributed by atoms with Crippen molar-refractivity contribution in [3.05, 3.63) is 11.6 Å². The van der Waals surface area contributed by atoms with Gasteiger partial charge in [0, 0.05) is 6.42 Å². The van der Waals surface area contributed by atoms with Gasteiger partial charge in [-0.3, -0.25) is 4.79 Å². The molecule has 0 spiro atoms. The van der Waals surface area contributed by atoms with Crippen LogP contribution in [0.25, 0.3) is 0 Å². The molecule has 2 unspecified atom stereocenters. The molecule has 0 aliphatic heterocycles. The summed E-state index contributed by atoms with van der Waals surface area (Å²) in [7, 11) is 0. The van der Waals surface area contributed by atoms with Crippen molar-refractivity contribution in [1.29, 1.82) is 0 Å². The molecule has 1 aliphatic carbocycles. The number of carbonyl (C=O) groups is 2. The second-order valence-electron chi connectivity index (χ2n) is 6.49. The molecule has 1 aliphatic rings. The summed E-state index contributed by atoms with van der Waals surface area (Å²) >= 11 is 0. The van der Waals surface area contributed by atoms with Crippen LogP contribution in [-0.2, 0) is 14.3 Å². The standard InChI is InChI=1S/C17H28O3/c1-6-20-16(19)15-14(17(15,4)5)11-10-12(2)8-7-9-13(3)18/h8,14-15H,6-7,9-11H2,1-5H3/b12-8+. The molecule has 0 aromatic carbocycles. The Balaban J connectivity index is 2.38. The van der Waals surface area contributed by atoms with Crippen LogP contribution in [0.2, 0.25) is 0 Å². The Morgan fingerprint density at radius 3 is 2.40 bits per heavy atom. The monoisotopic (exact) mass is 280 g/mol. The maximum absolute atomic E-state index is 11.8. The van der Waals surface area contributed by atoms with Crippen LogP contribution in [0.15, 0.2) is 11.6 Å². The van der Waals surface area contributed by atoms with Crippen LogP contribution in [-0.4, -0.2) is 18.4 Å². The molecule has 0 aromatic heterocycles. The highest BCUT2D eigenvalue weighted by molar-refractivity contribution is 5.77. The zero-order valence-electron chi connectivity index (χ0n) is 13.5. The van der Waals surface area contributed by atoms with E-state index >= 15 is 0 Å². The number of Topliss-reactive ketones (excluding diaryl/α,β-unsaturated/α-hetero) is 1. The van der Waals surface area contributed by atoms with Crippen molar-refractivity contribution in [2.45, 2.75) is 60.3 Å². The third-order valence-electron chi connectivity index (χ3n) is 4.43. The Bertz CT molecular complexity index is 393. The predicted molar refractivity (Wildman–Crippen MR) is 80.3 cm³/mol. The van der Waals surface area contributed by atoms with E-state index in [1.807, 2.05) is 6.92 Å². The van der Waals surface area contributed by atoms with Crippen LogP contribution in [0.1, 0.15) is 60.3 Å². The number of allylic oxidation sites excluding steroid dienone is 2. The van der Waals surface area contributed by atoms with Crippen molar-refractivity contribution in [3.8, 4) is 0 Å². The first-order valence-corrected chi connectivity index (χ1v) is 7.62. The second kappa shape index (κ2) is 7.05. The summed E-state index contributed by atoms with van der Waals surface area (Å²) in [6.07, 6.45) is 5.63. The number of hydrogen-bond donors (Lipinski definition) is 0. The average Bonchev–Trinajstić information content (AvgIpc) is 2.88. The van der Waals surface area contributed by atoms with Crippen molar-refractivity contribution in [2.24, 2.45) is 17.3 Å². The first-order chi connectivity index (χ1) is 9.30. The van der Waals surface area contributed by atoms with Gasteiger partial charge in [-0.05, 0) is 51.4 Å². The van der Waals surface area contributed by atoms with Crippen molar-refractivity contribution in [3.63, 3.8) is 0 Å². The minimum Gasteiger partial charge on any atom is -0.466 e. The number of hydrogen-bond acceptors (Lipinski definition) is 3. The topological polar surface area (TPSA) is 43.4 Å². The van der Waals surface area contributed by atoms with E-state index in [2.05, 4.69) is 26.8 Å². The summed E-state index contributed by atoms with van der Waals surface area (Å²) in [5.74, 6) is 0.686. The summed E-state index contributed by atoms with van der Waals surface area (Å²) in [5, 5.41) is 0. The van der Waals surface area contributed by atoms with Crippen molar-refractivity contribution in [2.75, 3.05) is 6.61 Å². The minimum absolute atomic E-state index is 0.0410. The second-order valence-corrected chi connectivity index (χ2v) is 6.49. The van der Waals surface area contributed by atoms with E-state index in [4.69, 9.17) is 4.74 Å². The number of ketones is 1. The van der Waals surface area contributed by atoms with E-state index in [0.29, 0.717) is 18.9 Å². The molecule has 0 heterocycles. The van der Waals surface area contributed by atoms with E-state index < -0.39 is 0 Å². The lowest BCUT2D eigenvalue weighted by Gasteiger charge is -2.03. The molecule has 3 nitrogen and oxygen atoms in total. The molecular formula is C17H28O3. The Morgan fingerprint density at radius 2 is 1.85 bits per heavy atom. The van der Waals surface area contributed by atoms with Gasteiger partial charge in [-0.1, -0.05) is 25.5 Å². The van der Waals surface area contributed by atoms with Gasteiger partial charge in [-0.15, -0.1) is 0 Å². The van der Waals surface area contributed by atoms with E-state index in [9.17, 15) is 9.59 Å². The van der Waals surface area contributed by atoms with Gasteiger partial charge in [0.2, 0.25) is 0 Å². The number of carbonyl (C=O) groups excluding carboxylic acids is 2. The number of esters is 1. The van der Waals surface area contributed by atoms with Crippen LogP contribution in [0, 0.1) is 17.3 Å². The zero-order chi connectivity index (χ0) is 15.3. The molecule has 1 saturated carbocycles. The van der Waals surface area contributed by atoms with Crippen LogP contribution in [0.3, 0.4) is 0 Å². The Kier molecular flexibility index (Phi) is 5.97. The maximum Gasteiger partial charge on any atom is 0.309 e. The number of rotatable bonds is 8. The van der Waals surface area contributed by atoms with E-state index in [1.54, 1.807) is 6.92 Å². The van der Waals surface area contributed by atoms with Gasteiger partial charge in [-0.2, -0.15) is 0 Å². The predicted octanol–water partition coefficient (Wildman–Crippen LogP) is 3.92. The van der Waals surface area contributed by atoms with E-state index in [-0.39, 0.29) is 23.1 Å². The molecule has 0 bridgehead atoms. The molecule has 2 atom stereocenters. The highest BCUT2D eigenvalue weighted by atomic mass is 16.5. The fourth-order valence-corrected chi connectivity index (χ4v) is 2.99. The highest BCUT2D eigenvalue weighted by Gasteiger charge is 2.61. The fourth-order valence-electron chi connectivity index (χ4n) is 2.99. The van der Waals surface area contributed by atoms with Gasteiger partial charge in [0.25, 0.3) is 0 Å². The Morgan fingerprint density at radius 1 is 1.20 bits per heavy atom. The molecular weight excluding hydrogens is 252 g/mol. The summed E-state index contributed by atoms with van der Waals surface area (Å²) < 4.78 is 5.14. The lowest BCUT2D eigenvalue weighted by molar-refractivity contribution is -0.145. The molecule has 0 aromatic rings. The minimum atomic E-state index is -0.0410. The first-order valence-electron chi connectivity index (χ1n) is 7.62. The normalized spacial score (nSPS) is 24.4. The SMILES string of the molecule is CCOC(=O)C1C(CC/C(C)=C/CCC(C)=O)C1(C)C. The van der Waals surface area contributed by atoms with Gasteiger partial charge in [0.05, 0.1) is 12.5 Å². The third-order valence-corrected chi connectivity index (χ3v) is 4.43. The van der Waals surface area contributed by atoms with Crippen molar-refractivity contribution in [1.82, 2.24) is 0 Å². The quantitative estimate of drug-likeness (QED) is 0.500. The molecule has 20 heavy (non-hydrogen) atoms. The van der Waals surface area contributed by atoms with Gasteiger partial charge >= 0.3 is 5.97 Å². The van der Waals surface area contributed by atoms with Gasteiger partial charge < -0.3 is 9.53 Å². The van der Waals surface area contributed by atoms with Crippen LogP contribution in [0.5, 0.6) is 0 Å². The molecule has 0 saturated heterocycles. The van der Waals surface area contributed by atoms with Crippen LogP contribution < -0.4 is 0 Å². The van der Waals surface area contributed by atoms with Gasteiger partial charge in [0.1, 0.15) is 5.78 Å². The summed E-state index contributed by atoms with van der Waals surface area (Å²) in [6.45, 7) is 10.3. The molecule has 1 fully saturated rings. The molecule has 0 N–H and O–H groups in total. The van der Waals surface area contributed by atoms with E-state index in [1.165, 1.54) is 5.57 Å². The van der Waals surface area contributed by atoms with Crippen LogP contribution in [0.4, 0.5) is 0 Å². The average molecular weight is 280 g/mol. The fraction of sp³-hybridized carbons (Fsp3) is 0.765. The maximum atomic E-state index is 11.8. The van der Waals surface area contributed by atoms with Crippen molar-refractivity contribution < 1.29 is 14.3 Å². The van der Waals surface area contributed by atoms with Gasteiger partial charge in [0.15, 0.2) is 0 Å². The lowest BCUT2D eigenvalue weighted by atomic mass is 10.0. The van der Waals surface area contributed by atoms with E-state index in [0.717, 1.165) is 19.3 Å². The summed E-state index contributed by atoms with van der Waals surface area (Å²) in [6, 6.07) is 0. The third kappa shape index (κ3) is 4.46. The highest BCUT2D eigenvalue weighted by Crippen LogP contribution is 2.61. The Hall–Kier alpha value is -1.12. The molecule has 1 rings (SSSR count). The summed E-state index contributed by atoms with van der Waals surface area (Å²) in [4.78, 5) is 22.7. The van der Waals surface area contributed by atoms with Gasteiger partial charge in [-0.25, -0.2) is 0 Å². The van der Waals surface area contributed by atoms with Crippen LogP contribution >= 0.6 is 0 Å². The van der Waals surface area contributed by atoms with Crippen molar-refractivity contribution >= 4 is 11.8 Å². The lowest BCUT2D eigenvalue weighted by Crippen LogP contribution is -2.10. The molecule has 3 heteroatoms. The largest absolute Gasteiger partial charge is 0.466 e. The smallest absolute Gasteiger partial charge is 0.309 e. The molecule has 0 amide bonds. The Labute approximate surface area is 122 Å². The first kappa shape index (κ1) is 16.9. The molecule has 0 radical (unpaired) electrons. The summed E-state index contributed by atoms with van der Waals surface area (Å²) in [5.41, 5.74) is 1.39.